The van der Waals surface area contributed by atoms with E-state index in [-0.39, 0.29) is 28.3 Å². The molecule has 2 fully saturated rings. The van der Waals surface area contributed by atoms with Gasteiger partial charge >= 0.3 is 5.69 Å². The van der Waals surface area contributed by atoms with Crippen LogP contribution in [0, 0.1) is 17.8 Å². The van der Waals surface area contributed by atoms with Crippen molar-refractivity contribution in [3.05, 3.63) is 44.1 Å². The molecule has 2 N–H and O–H groups in total. The first kappa shape index (κ1) is 23.1. The number of methoxy groups -OCH3 is 1. The second-order valence-corrected chi connectivity index (χ2v) is 9.43. The largest absolute Gasteiger partial charge is 0.492 e. The number of halogens is 1. The topological polar surface area (TPSA) is 90.1 Å². The van der Waals surface area contributed by atoms with Crippen molar-refractivity contribution >= 4 is 16.6 Å². The Bertz CT molecular complexity index is 1230. The minimum atomic E-state index is -0.736. The normalized spacial score (nSPS) is 20.5. The van der Waals surface area contributed by atoms with Crippen molar-refractivity contribution in [3.63, 3.8) is 0 Å². The summed E-state index contributed by atoms with van der Waals surface area (Å²) in [6.07, 6.45) is 2.44. The van der Waals surface area contributed by atoms with Crippen molar-refractivity contribution in [2.24, 2.45) is 5.41 Å². The van der Waals surface area contributed by atoms with Gasteiger partial charge in [-0.2, -0.15) is 4.68 Å². The fraction of sp³-hybridized carbons (Fsp3) is 0.609. The number of nitrogen functional groups attached to an aromatic ring is 1. The lowest BCUT2D eigenvalue weighted by Gasteiger charge is -2.32. The maximum absolute atomic E-state index is 15.5. The second-order valence-electron chi connectivity index (χ2n) is 9.43. The summed E-state index contributed by atoms with van der Waals surface area (Å²) in [7, 11) is 1.44. The zero-order chi connectivity index (χ0) is 23.9. The third-order valence-corrected chi connectivity index (χ3v) is 6.86. The van der Waals surface area contributed by atoms with Gasteiger partial charge in [-0.15, -0.1) is 0 Å². The number of nitrogens with two attached hydrogens (primary N) is 1. The summed E-state index contributed by atoms with van der Waals surface area (Å²) >= 11 is 0. The van der Waals surface area contributed by atoms with Crippen molar-refractivity contribution in [1.82, 2.24) is 14.1 Å². The van der Waals surface area contributed by atoms with E-state index in [1.165, 1.54) is 17.7 Å². The van der Waals surface area contributed by atoms with E-state index < -0.39 is 17.1 Å². The molecular formula is C23H31FN6O3. The molecule has 0 radical (unpaired) electrons. The first-order chi connectivity index (χ1) is 15.7. The third-order valence-electron chi connectivity index (χ3n) is 6.86. The standard InChI is InChI=1S/C23H31FN6O3/c1-5-27(11-9-26-3)13-23(2)8-10-28(14-23)19-17(24)12-16-18(20(19)33-4)29(15-6-7-15)22(32)30(25)21(16)31/h12,15H,5-11,13-14,25H2,1-2,4H3. The molecule has 1 atom stereocenters. The number of rotatable bonds is 8. The van der Waals surface area contributed by atoms with Gasteiger partial charge in [0.25, 0.3) is 5.56 Å². The molecule has 178 valence electrons. The predicted molar refractivity (Wildman–Crippen MR) is 126 cm³/mol. The first-order valence-corrected chi connectivity index (χ1v) is 11.4. The van der Waals surface area contributed by atoms with Crippen LogP contribution >= 0.6 is 0 Å². The van der Waals surface area contributed by atoms with Gasteiger partial charge in [-0.1, -0.05) is 13.8 Å². The van der Waals surface area contributed by atoms with Gasteiger partial charge in [0.15, 0.2) is 11.6 Å². The molecular weight excluding hydrogens is 427 g/mol. The molecule has 9 nitrogen and oxygen atoms in total. The molecule has 1 aromatic heterocycles. The number of nitrogens with zero attached hydrogens (tertiary/aromatic N) is 5. The van der Waals surface area contributed by atoms with Crippen LogP contribution in [-0.4, -0.2) is 60.5 Å². The molecule has 2 aliphatic rings. The van der Waals surface area contributed by atoms with Gasteiger partial charge in [0.2, 0.25) is 6.54 Å². The average molecular weight is 459 g/mol. The summed E-state index contributed by atoms with van der Waals surface area (Å²) in [5.41, 5.74) is -0.855. The van der Waals surface area contributed by atoms with Gasteiger partial charge in [-0.3, -0.25) is 14.3 Å². The second kappa shape index (κ2) is 8.71. The monoisotopic (exact) mass is 458 g/mol. The summed E-state index contributed by atoms with van der Waals surface area (Å²) < 4.78 is 23.2. The van der Waals surface area contributed by atoms with Crippen LogP contribution in [0.1, 0.15) is 39.2 Å². The SMILES string of the molecule is [C-]#[N+]CCN(CC)CC1(C)CCN(c2c(F)cc3c(=O)n(N)c(=O)n(C4CC4)c3c2OC)C1. The van der Waals surface area contributed by atoms with Crippen LogP contribution < -0.4 is 26.7 Å². The highest BCUT2D eigenvalue weighted by molar-refractivity contribution is 5.91. The molecule has 10 heteroatoms. The third kappa shape index (κ3) is 4.06. The summed E-state index contributed by atoms with van der Waals surface area (Å²) in [6.45, 7) is 15.3. The summed E-state index contributed by atoms with van der Waals surface area (Å²) in [5.74, 6) is 5.36. The summed E-state index contributed by atoms with van der Waals surface area (Å²) in [5, 5.41) is 0.0420. The van der Waals surface area contributed by atoms with Crippen molar-refractivity contribution in [2.75, 3.05) is 57.1 Å². The van der Waals surface area contributed by atoms with Gasteiger partial charge in [0.05, 0.1) is 19.0 Å². The van der Waals surface area contributed by atoms with E-state index in [4.69, 9.17) is 17.2 Å². The maximum atomic E-state index is 15.5. The smallest absolute Gasteiger partial charge is 0.350 e. The summed E-state index contributed by atoms with van der Waals surface area (Å²) in [6, 6.07) is 1.10. The minimum absolute atomic E-state index is 0.0420. The lowest BCUT2D eigenvalue weighted by Crippen LogP contribution is -2.44. The van der Waals surface area contributed by atoms with Crippen LogP contribution in [0.25, 0.3) is 15.7 Å². The van der Waals surface area contributed by atoms with E-state index in [1.807, 2.05) is 4.90 Å². The Kier molecular flexibility index (Phi) is 6.10. The molecule has 2 aromatic rings. The fourth-order valence-corrected chi connectivity index (χ4v) is 5.02. The zero-order valence-corrected chi connectivity index (χ0v) is 19.4. The molecule has 1 aliphatic carbocycles. The fourth-order valence-electron chi connectivity index (χ4n) is 5.02. The van der Waals surface area contributed by atoms with Crippen LogP contribution in [0.2, 0.25) is 0 Å². The van der Waals surface area contributed by atoms with Crippen LogP contribution in [0.15, 0.2) is 15.7 Å². The van der Waals surface area contributed by atoms with Gasteiger partial charge in [0, 0.05) is 25.7 Å². The number of fused-ring (bicyclic) bond motifs is 1. The average Bonchev–Trinajstić information content (AvgIpc) is 3.56. The molecule has 0 amide bonds. The number of ether oxygens (including phenoxy) is 1. The molecule has 1 unspecified atom stereocenters. The quantitative estimate of drug-likeness (QED) is 0.480. The number of anilines is 1. The highest BCUT2D eigenvalue weighted by Crippen LogP contribution is 2.45. The van der Waals surface area contributed by atoms with E-state index >= 15 is 4.39 Å². The maximum Gasteiger partial charge on any atom is 0.350 e. The molecule has 0 bridgehead atoms. The van der Waals surface area contributed by atoms with Crippen molar-refractivity contribution in [1.29, 1.82) is 0 Å². The molecule has 1 aromatic carbocycles. The Morgan fingerprint density at radius 3 is 2.73 bits per heavy atom. The van der Waals surface area contributed by atoms with Crippen molar-refractivity contribution < 1.29 is 9.13 Å². The van der Waals surface area contributed by atoms with Crippen molar-refractivity contribution in [2.45, 2.75) is 39.2 Å². The highest BCUT2D eigenvalue weighted by Gasteiger charge is 2.39. The molecule has 1 saturated carbocycles. The summed E-state index contributed by atoms with van der Waals surface area (Å²) in [4.78, 5) is 33.2. The van der Waals surface area contributed by atoms with Crippen LogP contribution in [-0.2, 0) is 0 Å². The zero-order valence-electron chi connectivity index (χ0n) is 19.4. The number of hydrogen-bond donors (Lipinski definition) is 1. The van der Waals surface area contributed by atoms with E-state index in [0.29, 0.717) is 36.4 Å². The van der Waals surface area contributed by atoms with E-state index in [1.54, 1.807) is 0 Å². The van der Waals surface area contributed by atoms with E-state index in [2.05, 4.69) is 23.6 Å². The van der Waals surface area contributed by atoms with E-state index in [9.17, 15) is 9.59 Å². The Hall–Kier alpha value is -3.06. The number of aromatic nitrogens is 2. The van der Waals surface area contributed by atoms with Crippen molar-refractivity contribution in [3.8, 4) is 5.75 Å². The Morgan fingerprint density at radius 2 is 2.12 bits per heavy atom. The lowest BCUT2D eigenvalue weighted by molar-refractivity contribution is 0.192. The van der Waals surface area contributed by atoms with Crippen LogP contribution in [0.4, 0.5) is 10.1 Å². The minimum Gasteiger partial charge on any atom is -0.492 e. The van der Waals surface area contributed by atoms with Gasteiger partial charge in [-0.05, 0) is 37.3 Å². The van der Waals surface area contributed by atoms with Gasteiger partial charge in [-0.25, -0.2) is 15.8 Å². The lowest BCUT2D eigenvalue weighted by atomic mass is 9.89. The molecule has 0 spiro atoms. The first-order valence-electron chi connectivity index (χ1n) is 11.4. The Balaban J connectivity index is 1.78. The van der Waals surface area contributed by atoms with Gasteiger partial charge in [0.1, 0.15) is 11.2 Å². The van der Waals surface area contributed by atoms with Gasteiger partial charge < -0.3 is 20.3 Å². The molecule has 4 rings (SSSR count). The Labute approximate surface area is 191 Å². The van der Waals surface area contributed by atoms with Crippen LogP contribution in [0.3, 0.4) is 0 Å². The molecule has 33 heavy (non-hydrogen) atoms. The molecule has 1 saturated heterocycles. The number of benzene rings is 1. The number of likely N-dealkylation sites (N-methyl/N-ethyl adjacent to an activating group) is 1. The van der Waals surface area contributed by atoms with E-state index in [0.717, 1.165) is 32.4 Å². The molecule has 1 aliphatic heterocycles. The Morgan fingerprint density at radius 1 is 1.39 bits per heavy atom. The van der Waals surface area contributed by atoms with Crippen LogP contribution in [0.5, 0.6) is 5.75 Å². The number of hydrogen-bond acceptors (Lipinski definition) is 6. The predicted octanol–water partition coefficient (Wildman–Crippen LogP) is 1.82. The highest BCUT2D eigenvalue weighted by atomic mass is 19.1. The molecule has 2 heterocycles.